The highest BCUT2D eigenvalue weighted by Gasteiger charge is 2.15. The summed E-state index contributed by atoms with van der Waals surface area (Å²) in [5.74, 6) is 0.542. The molecule has 0 aliphatic rings. The fourth-order valence-corrected chi connectivity index (χ4v) is 2.88. The van der Waals surface area contributed by atoms with Crippen molar-refractivity contribution in [3.05, 3.63) is 72.3 Å². The third kappa shape index (κ3) is 4.63. The monoisotopic (exact) mass is 347 g/mol. The molecule has 1 atom stereocenters. The van der Waals surface area contributed by atoms with Gasteiger partial charge in [-0.05, 0) is 60.4 Å². The van der Waals surface area contributed by atoms with Crippen molar-refractivity contribution in [1.29, 1.82) is 0 Å². The molecule has 3 aromatic rings. The Morgan fingerprint density at radius 1 is 1.00 bits per heavy atom. The number of carbonyl (C=O) groups is 1. The molecule has 0 bridgehead atoms. The molecule has 3 rings (SSSR count). The molecule has 0 aliphatic carbocycles. The van der Waals surface area contributed by atoms with Crippen LogP contribution >= 0.6 is 0 Å². The molecule has 0 aliphatic heterocycles. The molecule has 0 heterocycles. The zero-order valence-corrected chi connectivity index (χ0v) is 15.4. The second-order valence-corrected chi connectivity index (χ2v) is 6.56. The highest BCUT2D eigenvalue weighted by molar-refractivity contribution is 5.94. The maximum absolute atomic E-state index is 12.4. The first-order chi connectivity index (χ1) is 12.7. The van der Waals surface area contributed by atoms with Gasteiger partial charge in [-0.15, -0.1) is 0 Å². The summed E-state index contributed by atoms with van der Waals surface area (Å²) in [5, 5.41) is 5.17. The first-order valence-corrected chi connectivity index (χ1v) is 9.21. The van der Waals surface area contributed by atoms with Gasteiger partial charge in [0.1, 0.15) is 5.75 Å². The fraction of sp³-hybridized carbons (Fsp3) is 0.261. The highest BCUT2D eigenvalue weighted by Crippen LogP contribution is 2.22. The van der Waals surface area contributed by atoms with E-state index in [0.717, 1.165) is 22.9 Å². The SMILES string of the molecule is CCCCc1ccc(NC(=O)C(C)Oc2ccc3ccccc3c2)cc1. The van der Waals surface area contributed by atoms with Gasteiger partial charge in [-0.1, -0.05) is 55.8 Å². The van der Waals surface area contributed by atoms with Crippen LogP contribution in [-0.4, -0.2) is 12.0 Å². The van der Waals surface area contributed by atoms with Gasteiger partial charge >= 0.3 is 0 Å². The summed E-state index contributed by atoms with van der Waals surface area (Å²) in [6, 6.07) is 22.0. The summed E-state index contributed by atoms with van der Waals surface area (Å²) in [6.07, 6.45) is 2.87. The summed E-state index contributed by atoms with van der Waals surface area (Å²) in [5.41, 5.74) is 2.09. The molecule has 1 N–H and O–H groups in total. The van der Waals surface area contributed by atoms with Crippen molar-refractivity contribution < 1.29 is 9.53 Å². The van der Waals surface area contributed by atoms with Crippen molar-refractivity contribution >= 4 is 22.4 Å². The summed E-state index contributed by atoms with van der Waals surface area (Å²) in [7, 11) is 0. The van der Waals surface area contributed by atoms with Crippen molar-refractivity contribution in [3.8, 4) is 5.75 Å². The lowest BCUT2D eigenvalue weighted by Crippen LogP contribution is -2.30. The van der Waals surface area contributed by atoms with E-state index in [9.17, 15) is 4.79 Å². The van der Waals surface area contributed by atoms with Gasteiger partial charge in [0.05, 0.1) is 0 Å². The molecule has 3 aromatic carbocycles. The van der Waals surface area contributed by atoms with E-state index in [0.29, 0.717) is 5.75 Å². The first-order valence-electron chi connectivity index (χ1n) is 9.21. The average molecular weight is 347 g/mol. The van der Waals surface area contributed by atoms with Crippen LogP contribution in [-0.2, 0) is 11.2 Å². The average Bonchev–Trinajstić information content (AvgIpc) is 2.67. The Kier molecular flexibility index (Phi) is 5.90. The maximum atomic E-state index is 12.4. The van der Waals surface area contributed by atoms with Crippen LogP contribution < -0.4 is 10.1 Å². The van der Waals surface area contributed by atoms with E-state index in [1.165, 1.54) is 18.4 Å². The number of hydrogen-bond acceptors (Lipinski definition) is 2. The second kappa shape index (κ2) is 8.52. The molecule has 1 amide bonds. The summed E-state index contributed by atoms with van der Waals surface area (Å²) in [4.78, 5) is 12.4. The number of unbranched alkanes of at least 4 members (excludes halogenated alkanes) is 1. The van der Waals surface area contributed by atoms with Crippen LogP contribution in [0.3, 0.4) is 0 Å². The van der Waals surface area contributed by atoms with Crippen LogP contribution in [0, 0.1) is 0 Å². The molecular formula is C23H25NO2. The minimum absolute atomic E-state index is 0.153. The Hall–Kier alpha value is -2.81. The van der Waals surface area contributed by atoms with Gasteiger partial charge in [-0.3, -0.25) is 4.79 Å². The number of fused-ring (bicyclic) bond motifs is 1. The molecule has 3 heteroatoms. The van der Waals surface area contributed by atoms with Gasteiger partial charge in [0.2, 0.25) is 0 Å². The van der Waals surface area contributed by atoms with Crippen molar-refractivity contribution in [2.45, 2.75) is 39.2 Å². The fourth-order valence-electron chi connectivity index (χ4n) is 2.88. The number of benzene rings is 3. The van der Waals surface area contributed by atoms with E-state index in [4.69, 9.17) is 4.74 Å². The Morgan fingerprint density at radius 2 is 1.73 bits per heavy atom. The Labute approximate surface area is 155 Å². The molecular weight excluding hydrogens is 322 g/mol. The number of rotatable bonds is 7. The predicted octanol–water partition coefficient (Wildman–Crippen LogP) is 5.59. The summed E-state index contributed by atoms with van der Waals surface area (Å²) < 4.78 is 5.82. The van der Waals surface area contributed by atoms with Crippen molar-refractivity contribution in [3.63, 3.8) is 0 Å². The van der Waals surface area contributed by atoms with Crippen LogP contribution in [0.25, 0.3) is 10.8 Å². The largest absolute Gasteiger partial charge is 0.481 e. The van der Waals surface area contributed by atoms with Crippen LogP contribution in [0.4, 0.5) is 5.69 Å². The minimum atomic E-state index is -0.573. The number of aryl methyl sites for hydroxylation is 1. The van der Waals surface area contributed by atoms with Gasteiger partial charge < -0.3 is 10.1 Å². The van der Waals surface area contributed by atoms with Crippen molar-refractivity contribution in [2.75, 3.05) is 5.32 Å². The number of anilines is 1. The van der Waals surface area contributed by atoms with Crippen LogP contribution in [0.2, 0.25) is 0 Å². The lowest BCUT2D eigenvalue weighted by Gasteiger charge is -2.15. The molecule has 0 saturated carbocycles. The van der Waals surface area contributed by atoms with E-state index < -0.39 is 6.10 Å². The molecule has 0 aromatic heterocycles. The van der Waals surface area contributed by atoms with Gasteiger partial charge in [0.15, 0.2) is 6.10 Å². The lowest BCUT2D eigenvalue weighted by molar-refractivity contribution is -0.122. The van der Waals surface area contributed by atoms with E-state index >= 15 is 0 Å². The Balaban J connectivity index is 1.59. The third-order valence-corrected chi connectivity index (χ3v) is 4.44. The zero-order chi connectivity index (χ0) is 18.4. The summed E-state index contributed by atoms with van der Waals surface area (Å²) in [6.45, 7) is 3.95. The van der Waals surface area contributed by atoms with E-state index in [1.807, 2.05) is 48.5 Å². The van der Waals surface area contributed by atoms with E-state index in [-0.39, 0.29) is 5.91 Å². The molecule has 1 unspecified atom stereocenters. The molecule has 0 radical (unpaired) electrons. The summed E-state index contributed by atoms with van der Waals surface area (Å²) >= 11 is 0. The van der Waals surface area contributed by atoms with Crippen molar-refractivity contribution in [2.24, 2.45) is 0 Å². The number of hydrogen-bond donors (Lipinski definition) is 1. The smallest absolute Gasteiger partial charge is 0.265 e. The normalized spacial score (nSPS) is 11.9. The van der Waals surface area contributed by atoms with Crippen molar-refractivity contribution in [1.82, 2.24) is 0 Å². The number of amides is 1. The molecule has 0 fully saturated rings. The van der Waals surface area contributed by atoms with E-state index in [1.54, 1.807) is 6.92 Å². The standard InChI is InChI=1S/C23H25NO2/c1-3-4-7-18-10-13-21(14-11-18)24-23(25)17(2)26-22-15-12-19-8-5-6-9-20(19)16-22/h5-6,8-17H,3-4,7H2,1-2H3,(H,24,25). The minimum Gasteiger partial charge on any atom is -0.481 e. The van der Waals surface area contributed by atoms with Crippen LogP contribution in [0.1, 0.15) is 32.3 Å². The van der Waals surface area contributed by atoms with Crippen LogP contribution in [0.15, 0.2) is 66.7 Å². The molecule has 26 heavy (non-hydrogen) atoms. The highest BCUT2D eigenvalue weighted by atomic mass is 16.5. The number of nitrogens with one attached hydrogen (secondary N) is 1. The molecule has 0 saturated heterocycles. The lowest BCUT2D eigenvalue weighted by atomic mass is 10.1. The Bertz CT molecular complexity index is 871. The zero-order valence-electron chi connectivity index (χ0n) is 15.4. The second-order valence-electron chi connectivity index (χ2n) is 6.56. The van der Waals surface area contributed by atoms with E-state index in [2.05, 4.69) is 30.4 Å². The molecule has 134 valence electrons. The third-order valence-electron chi connectivity index (χ3n) is 4.44. The maximum Gasteiger partial charge on any atom is 0.265 e. The first kappa shape index (κ1) is 18.0. The van der Waals surface area contributed by atoms with Gasteiger partial charge in [-0.25, -0.2) is 0 Å². The number of carbonyl (C=O) groups excluding carboxylic acids is 1. The quantitative estimate of drug-likeness (QED) is 0.605. The molecule has 0 spiro atoms. The van der Waals surface area contributed by atoms with Crippen LogP contribution in [0.5, 0.6) is 5.75 Å². The number of ether oxygens (including phenoxy) is 1. The Morgan fingerprint density at radius 3 is 2.46 bits per heavy atom. The van der Waals surface area contributed by atoms with Gasteiger partial charge in [0, 0.05) is 5.69 Å². The predicted molar refractivity (Wildman–Crippen MR) is 108 cm³/mol. The molecule has 3 nitrogen and oxygen atoms in total. The van der Waals surface area contributed by atoms with Gasteiger partial charge in [0.25, 0.3) is 5.91 Å². The van der Waals surface area contributed by atoms with Gasteiger partial charge in [-0.2, -0.15) is 0 Å². The topological polar surface area (TPSA) is 38.3 Å².